The van der Waals surface area contributed by atoms with Gasteiger partial charge in [-0.3, -0.25) is 4.79 Å². The molecule has 0 bridgehead atoms. The van der Waals surface area contributed by atoms with Gasteiger partial charge in [-0.2, -0.15) is 0 Å². The number of rotatable bonds is 7. The van der Waals surface area contributed by atoms with E-state index in [1.54, 1.807) is 6.92 Å². The third-order valence-electron chi connectivity index (χ3n) is 3.32. The van der Waals surface area contributed by atoms with Gasteiger partial charge in [-0.1, -0.05) is 19.4 Å². The largest absolute Gasteiger partial charge is 0.452 e. The van der Waals surface area contributed by atoms with Crippen LogP contribution in [-0.2, 0) is 19.4 Å². The molecule has 1 rings (SSSR count). The molecular weight excluding hydrogens is 318 g/mol. The molecule has 0 spiro atoms. The van der Waals surface area contributed by atoms with E-state index in [9.17, 15) is 18.0 Å². The molecule has 0 fully saturated rings. The Kier molecular flexibility index (Phi) is 6.75. The van der Waals surface area contributed by atoms with Crippen molar-refractivity contribution in [2.75, 3.05) is 12.9 Å². The molecule has 23 heavy (non-hydrogen) atoms. The zero-order chi connectivity index (χ0) is 17.6. The number of carbonyl (C=O) groups is 2. The normalized spacial score (nSPS) is 12.5. The lowest BCUT2D eigenvalue weighted by Gasteiger charge is -2.13. The molecule has 0 radical (unpaired) electrons. The predicted molar refractivity (Wildman–Crippen MR) is 87.1 cm³/mol. The fourth-order valence-electron chi connectivity index (χ4n) is 2.08. The highest BCUT2D eigenvalue weighted by atomic mass is 32.2. The Morgan fingerprint density at radius 3 is 2.52 bits per heavy atom. The molecule has 1 aromatic carbocycles. The summed E-state index contributed by atoms with van der Waals surface area (Å²) in [5, 5.41) is 2.73. The highest BCUT2D eigenvalue weighted by Crippen LogP contribution is 2.16. The summed E-state index contributed by atoms with van der Waals surface area (Å²) in [4.78, 5) is 23.8. The van der Waals surface area contributed by atoms with Gasteiger partial charge < -0.3 is 10.1 Å². The number of ether oxygens (including phenoxy) is 1. The average Bonchev–Trinajstić information content (AvgIpc) is 2.44. The molecule has 0 saturated carbocycles. The maximum atomic E-state index is 12.1. The van der Waals surface area contributed by atoms with E-state index in [2.05, 4.69) is 5.32 Å². The highest BCUT2D eigenvalue weighted by molar-refractivity contribution is 7.90. The van der Waals surface area contributed by atoms with E-state index in [4.69, 9.17) is 4.74 Å². The van der Waals surface area contributed by atoms with Gasteiger partial charge in [0.1, 0.15) is 0 Å². The second kappa shape index (κ2) is 8.10. The van der Waals surface area contributed by atoms with Crippen LogP contribution in [0, 0.1) is 6.92 Å². The Morgan fingerprint density at radius 2 is 1.96 bits per heavy atom. The smallest absolute Gasteiger partial charge is 0.338 e. The van der Waals surface area contributed by atoms with Crippen LogP contribution in [0.4, 0.5) is 0 Å². The molecule has 1 N–H and O–H groups in total. The van der Waals surface area contributed by atoms with Gasteiger partial charge in [0.15, 0.2) is 16.4 Å². The first-order valence-electron chi connectivity index (χ1n) is 7.42. The van der Waals surface area contributed by atoms with Gasteiger partial charge in [0.2, 0.25) is 0 Å². The second-order valence-electron chi connectivity index (χ2n) is 5.58. The van der Waals surface area contributed by atoms with Crippen molar-refractivity contribution in [2.45, 2.75) is 44.6 Å². The number of hydrogen-bond donors (Lipinski definition) is 1. The third-order valence-corrected chi connectivity index (χ3v) is 4.43. The van der Waals surface area contributed by atoms with Crippen LogP contribution in [-0.4, -0.2) is 39.2 Å². The maximum absolute atomic E-state index is 12.1. The summed E-state index contributed by atoms with van der Waals surface area (Å²) in [6.07, 6.45) is 2.85. The summed E-state index contributed by atoms with van der Waals surface area (Å²) in [6.45, 7) is 5.17. The summed E-state index contributed by atoms with van der Waals surface area (Å²) in [5.41, 5.74) is 0.726. The van der Waals surface area contributed by atoms with Crippen LogP contribution in [0.5, 0.6) is 0 Å². The van der Waals surface area contributed by atoms with E-state index >= 15 is 0 Å². The molecule has 0 aliphatic carbocycles. The summed E-state index contributed by atoms with van der Waals surface area (Å²) >= 11 is 0. The molecule has 0 heterocycles. The lowest BCUT2D eigenvalue weighted by Crippen LogP contribution is -2.35. The first-order valence-corrected chi connectivity index (χ1v) is 9.31. The SMILES string of the molecule is CCC[C@@H](C)NC(=O)COC(=O)c1cc(S(C)(=O)=O)ccc1C. The minimum absolute atomic E-state index is 0.0153. The molecular formula is C16H23NO5S. The predicted octanol–water partition coefficient (Wildman–Crippen LogP) is 1.86. The number of esters is 1. The number of amides is 1. The minimum atomic E-state index is -3.42. The molecule has 0 aliphatic heterocycles. The zero-order valence-corrected chi connectivity index (χ0v) is 14.7. The van der Waals surface area contributed by atoms with Crippen LogP contribution >= 0.6 is 0 Å². The van der Waals surface area contributed by atoms with E-state index in [0.717, 1.165) is 19.1 Å². The summed E-state index contributed by atoms with van der Waals surface area (Å²) < 4.78 is 28.1. The van der Waals surface area contributed by atoms with Crippen molar-refractivity contribution in [2.24, 2.45) is 0 Å². The summed E-state index contributed by atoms with van der Waals surface area (Å²) in [5.74, 6) is -1.09. The Bertz CT molecular complexity index is 682. The molecule has 0 unspecified atom stereocenters. The van der Waals surface area contributed by atoms with Crippen LogP contribution < -0.4 is 5.32 Å². The van der Waals surface area contributed by atoms with E-state index in [1.165, 1.54) is 18.2 Å². The topological polar surface area (TPSA) is 89.5 Å². The van der Waals surface area contributed by atoms with Crippen molar-refractivity contribution in [3.8, 4) is 0 Å². The third kappa shape index (κ3) is 6.02. The minimum Gasteiger partial charge on any atom is -0.452 e. The molecule has 1 amide bonds. The molecule has 1 aromatic rings. The molecule has 128 valence electrons. The van der Waals surface area contributed by atoms with Gasteiger partial charge in [-0.25, -0.2) is 13.2 Å². The van der Waals surface area contributed by atoms with Crippen LogP contribution in [0.15, 0.2) is 23.1 Å². The van der Waals surface area contributed by atoms with Gasteiger partial charge in [0.25, 0.3) is 5.91 Å². The Hall–Kier alpha value is -1.89. The lowest BCUT2D eigenvalue weighted by atomic mass is 10.1. The van der Waals surface area contributed by atoms with Crippen molar-refractivity contribution in [1.29, 1.82) is 0 Å². The monoisotopic (exact) mass is 341 g/mol. The van der Waals surface area contributed by atoms with E-state index in [0.29, 0.717) is 5.56 Å². The quantitative estimate of drug-likeness (QED) is 0.765. The number of hydrogen-bond acceptors (Lipinski definition) is 5. The van der Waals surface area contributed by atoms with Gasteiger partial charge >= 0.3 is 5.97 Å². The van der Waals surface area contributed by atoms with Crippen molar-refractivity contribution in [1.82, 2.24) is 5.32 Å². The van der Waals surface area contributed by atoms with Gasteiger partial charge in [-0.15, -0.1) is 0 Å². The van der Waals surface area contributed by atoms with E-state index in [1.807, 2.05) is 13.8 Å². The average molecular weight is 341 g/mol. The van der Waals surface area contributed by atoms with Crippen molar-refractivity contribution in [3.63, 3.8) is 0 Å². The van der Waals surface area contributed by atoms with Crippen molar-refractivity contribution >= 4 is 21.7 Å². The van der Waals surface area contributed by atoms with E-state index < -0.39 is 22.4 Å². The number of sulfone groups is 1. The van der Waals surface area contributed by atoms with Gasteiger partial charge in [-0.05, 0) is 38.0 Å². The Labute approximate surface area is 137 Å². The number of benzene rings is 1. The lowest BCUT2D eigenvalue weighted by molar-refractivity contribution is -0.124. The van der Waals surface area contributed by atoms with Crippen LogP contribution in [0.2, 0.25) is 0 Å². The maximum Gasteiger partial charge on any atom is 0.338 e. The zero-order valence-electron chi connectivity index (χ0n) is 13.9. The Balaban J connectivity index is 2.73. The second-order valence-corrected chi connectivity index (χ2v) is 7.60. The molecule has 1 atom stereocenters. The van der Waals surface area contributed by atoms with E-state index in [-0.39, 0.29) is 22.4 Å². The standard InChI is InChI=1S/C16H23NO5S/c1-5-6-12(3)17-15(18)10-22-16(19)14-9-13(23(4,20)21)8-7-11(14)2/h7-9,12H,5-6,10H2,1-4H3,(H,17,18)/t12-/m1/s1. The summed E-state index contributed by atoms with van der Waals surface area (Å²) in [7, 11) is -3.42. The molecule has 0 aliphatic rings. The van der Waals surface area contributed by atoms with Crippen molar-refractivity contribution in [3.05, 3.63) is 29.3 Å². The Morgan fingerprint density at radius 1 is 1.30 bits per heavy atom. The molecule has 7 heteroatoms. The van der Waals surface area contributed by atoms with Gasteiger partial charge in [0.05, 0.1) is 10.5 Å². The molecule has 0 saturated heterocycles. The highest BCUT2D eigenvalue weighted by Gasteiger charge is 2.17. The van der Waals surface area contributed by atoms with Crippen LogP contribution in [0.3, 0.4) is 0 Å². The molecule has 0 aromatic heterocycles. The van der Waals surface area contributed by atoms with Crippen LogP contribution in [0.25, 0.3) is 0 Å². The van der Waals surface area contributed by atoms with Crippen LogP contribution in [0.1, 0.15) is 42.6 Å². The van der Waals surface area contributed by atoms with Gasteiger partial charge in [0, 0.05) is 12.3 Å². The number of carbonyl (C=O) groups excluding carboxylic acids is 2. The fourth-order valence-corrected chi connectivity index (χ4v) is 2.73. The number of nitrogens with one attached hydrogen (secondary N) is 1. The summed E-state index contributed by atoms with van der Waals surface area (Å²) in [6, 6.07) is 4.25. The fraction of sp³-hybridized carbons (Fsp3) is 0.500. The van der Waals surface area contributed by atoms with Crippen molar-refractivity contribution < 1.29 is 22.7 Å². The number of aryl methyl sites for hydroxylation is 1. The molecule has 6 nitrogen and oxygen atoms in total. The first kappa shape index (κ1) is 19.2. The first-order chi connectivity index (χ1) is 10.6.